The molecule has 0 bridgehead atoms. The summed E-state index contributed by atoms with van der Waals surface area (Å²) in [6.45, 7) is -1.31. The van der Waals surface area contributed by atoms with Gasteiger partial charge in [-0.15, -0.1) is 5.10 Å². The van der Waals surface area contributed by atoms with Gasteiger partial charge in [0, 0.05) is 5.75 Å². The highest BCUT2D eigenvalue weighted by Gasteiger charge is 2.30. The number of nitrogens with zero attached hydrogens (tertiary/aromatic N) is 4. The Morgan fingerprint density at radius 1 is 1.00 bits per heavy atom. The number of para-hydroxylation sites is 1. The molecular weight excluding hydrogens is 391 g/mol. The fourth-order valence-corrected chi connectivity index (χ4v) is 2.90. The van der Waals surface area contributed by atoms with E-state index >= 15 is 0 Å². The Morgan fingerprint density at radius 3 is 2.44 bits per heavy atom. The number of thioether (sulfide) groups is 1. The third-order valence-corrected chi connectivity index (χ3v) is 4.28. The molecule has 1 heterocycles. The van der Waals surface area contributed by atoms with Crippen molar-refractivity contribution in [2.75, 3.05) is 0 Å². The number of tetrazole rings is 1. The van der Waals surface area contributed by atoms with E-state index in [4.69, 9.17) is 4.74 Å². The lowest BCUT2D eigenvalue weighted by atomic mass is 10.2. The van der Waals surface area contributed by atoms with Gasteiger partial charge in [0.05, 0.1) is 0 Å². The molecule has 0 amide bonds. The SMILES string of the molecule is Fc1ccccc1Oc1ccc(CSc2nnnn2CC(F)(F)F)cc1F. The zero-order valence-electron chi connectivity index (χ0n) is 13.5. The summed E-state index contributed by atoms with van der Waals surface area (Å²) in [5.74, 6) is -1.52. The molecule has 0 atom stereocenters. The third kappa shape index (κ3) is 5.16. The Morgan fingerprint density at radius 2 is 1.74 bits per heavy atom. The molecule has 0 fully saturated rings. The Hall–Kier alpha value is -2.69. The van der Waals surface area contributed by atoms with Crippen LogP contribution in [0.25, 0.3) is 0 Å². The first-order chi connectivity index (χ1) is 12.8. The van der Waals surface area contributed by atoms with Gasteiger partial charge in [0.15, 0.2) is 23.1 Å². The normalized spacial score (nSPS) is 11.6. The number of alkyl halides is 3. The maximum atomic E-state index is 14.2. The van der Waals surface area contributed by atoms with Crippen molar-refractivity contribution in [1.29, 1.82) is 0 Å². The van der Waals surface area contributed by atoms with E-state index in [2.05, 4.69) is 15.5 Å². The minimum Gasteiger partial charge on any atom is -0.451 e. The number of hydrogen-bond acceptors (Lipinski definition) is 5. The Balaban J connectivity index is 1.67. The first kappa shape index (κ1) is 19.1. The molecule has 2 aromatic carbocycles. The van der Waals surface area contributed by atoms with Crippen molar-refractivity contribution in [3.05, 3.63) is 59.7 Å². The number of rotatable bonds is 6. The Bertz CT molecular complexity index is 931. The van der Waals surface area contributed by atoms with E-state index in [0.29, 0.717) is 10.2 Å². The summed E-state index contributed by atoms with van der Waals surface area (Å²) in [4.78, 5) is 0. The summed E-state index contributed by atoms with van der Waals surface area (Å²) in [6.07, 6.45) is -4.46. The third-order valence-electron chi connectivity index (χ3n) is 3.25. The van der Waals surface area contributed by atoms with Crippen molar-refractivity contribution in [1.82, 2.24) is 20.2 Å². The maximum Gasteiger partial charge on any atom is 0.408 e. The van der Waals surface area contributed by atoms with Crippen LogP contribution in [0.5, 0.6) is 11.5 Å². The van der Waals surface area contributed by atoms with Crippen molar-refractivity contribution in [3.63, 3.8) is 0 Å². The number of halogens is 5. The van der Waals surface area contributed by atoms with Gasteiger partial charge in [-0.1, -0.05) is 30.0 Å². The molecule has 0 aliphatic rings. The van der Waals surface area contributed by atoms with Gasteiger partial charge in [0.1, 0.15) is 6.54 Å². The second-order valence-corrected chi connectivity index (χ2v) is 6.26. The average Bonchev–Trinajstić information content (AvgIpc) is 3.02. The van der Waals surface area contributed by atoms with Crippen molar-refractivity contribution >= 4 is 11.8 Å². The van der Waals surface area contributed by atoms with Gasteiger partial charge in [0.25, 0.3) is 0 Å². The molecule has 5 nitrogen and oxygen atoms in total. The smallest absolute Gasteiger partial charge is 0.408 e. The molecule has 27 heavy (non-hydrogen) atoms. The monoisotopic (exact) mass is 402 g/mol. The predicted molar refractivity (Wildman–Crippen MR) is 86.3 cm³/mol. The molecule has 0 N–H and O–H groups in total. The van der Waals surface area contributed by atoms with Crippen LogP contribution in [-0.4, -0.2) is 26.4 Å². The topological polar surface area (TPSA) is 52.8 Å². The van der Waals surface area contributed by atoms with Crippen LogP contribution in [0.15, 0.2) is 47.6 Å². The molecule has 3 aromatic rings. The average molecular weight is 402 g/mol. The fourth-order valence-electron chi connectivity index (χ4n) is 2.08. The maximum absolute atomic E-state index is 14.2. The lowest BCUT2D eigenvalue weighted by Crippen LogP contribution is -2.19. The molecule has 0 radical (unpaired) electrons. The second-order valence-electron chi connectivity index (χ2n) is 5.32. The minimum atomic E-state index is -4.46. The number of benzene rings is 2. The lowest BCUT2D eigenvalue weighted by molar-refractivity contribution is -0.144. The van der Waals surface area contributed by atoms with Crippen LogP contribution >= 0.6 is 11.8 Å². The van der Waals surface area contributed by atoms with Crippen molar-refractivity contribution in [2.24, 2.45) is 0 Å². The van der Waals surface area contributed by atoms with Gasteiger partial charge in [0.2, 0.25) is 5.16 Å². The summed E-state index contributed by atoms with van der Waals surface area (Å²) in [5, 5.41) is 9.99. The minimum absolute atomic E-state index is 0.0422. The van der Waals surface area contributed by atoms with Gasteiger partial charge in [-0.25, -0.2) is 13.5 Å². The van der Waals surface area contributed by atoms with E-state index in [1.54, 1.807) is 6.07 Å². The molecular formula is C16H11F5N4OS. The zero-order valence-corrected chi connectivity index (χ0v) is 14.3. The van der Waals surface area contributed by atoms with Crippen LogP contribution in [-0.2, 0) is 12.3 Å². The van der Waals surface area contributed by atoms with Crippen LogP contribution in [0.1, 0.15) is 5.56 Å². The number of hydrogen-bond donors (Lipinski definition) is 0. The van der Waals surface area contributed by atoms with Crippen molar-refractivity contribution < 1.29 is 26.7 Å². The van der Waals surface area contributed by atoms with Crippen LogP contribution in [0, 0.1) is 11.6 Å². The van der Waals surface area contributed by atoms with E-state index in [0.717, 1.165) is 17.8 Å². The van der Waals surface area contributed by atoms with Gasteiger partial charge >= 0.3 is 6.18 Å². The Labute approximate surface area is 154 Å². The van der Waals surface area contributed by atoms with Crippen LogP contribution in [0.3, 0.4) is 0 Å². The van der Waals surface area contributed by atoms with E-state index in [1.165, 1.54) is 30.3 Å². The van der Waals surface area contributed by atoms with Crippen LogP contribution in [0.2, 0.25) is 0 Å². The second kappa shape index (κ2) is 7.91. The summed E-state index contributed by atoms with van der Waals surface area (Å²) >= 11 is 0.928. The highest BCUT2D eigenvalue weighted by molar-refractivity contribution is 7.98. The van der Waals surface area contributed by atoms with E-state index < -0.39 is 24.4 Å². The summed E-state index contributed by atoms with van der Waals surface area (Å²) < 4.78 is 70.9. The molecule has 1 aromatic heterocycles. The first-order valence-corrected chi connectivity index (χ1v) is 8.47. The molecule has 0 aliphatic heterocycles. The number of aromatic nitrogens is 4. The Kier molecular flexibility index (Phi) is 5.59. The summed E-state index contributed by atoms with van der Waals surface area (Å²) in [7, 11) is 0. The van der Waals surface area contributed by atoms with Crippen LogP contribution in [0.4, 0.5) is 22.0 Å². The summed E-state index contributed by atoms with van der Waals surface area (Å²) in [5.41, 5.74) is 0.472. The molecule has 0 saturated heterocycles. The van der Waals surface area contributed by atoms with E-state index in [9.17, 15) is 22.0 Å². The van der Waals surface area contributed by atoms with E-state index in [1.807, 2.05) is 0 Å². The molecule has 0 unspecified atom stereocenters. The quantitative estimate of drug-likeness (QED) is 0.446. The highest BCUT2D eigenvalue weighted by atomic mass is 32.2. The standard InChI is InChI=1S/C16H11F5N4OS/c17-11-3-1-2-4-13(11)26-14-6-5-10(7-12(14)18)8-27-15-22-23-24-25(15)9-16(19,20)21/h1-7H,8-9H2. The van der Waals surface area contributed by atoms with Gasteiger partial charge in [-0.05, 0) is 40.3 Å². The zero-order chi connectivity index (χ0) is 19.4. The highest BCUT2D eigenvalue weighted by Crippen LogP contribution is 2.29. The predicted octanol–water partition coefficient (Wildman–Crippen LogP) is 4.60. The largest absolute Gasteiger partial charge is 0.451 e. The first-order valence-electron chi connectivity index (χ1n) is 7.48. The van der Waals surface area contributed by atoms with Gasteiger partial charge in [-0.3, -0.25) is 0 Å². The molecule has 142 valence electrons. The molecule has 0 spiro atoms. The number of ether oxygens (including phenoxy) is 1. The molecule has 0 saturated carbocycles. The fraction of sp³-hybridized carbons (Fsp3) is 0.188. The van der Waals surface area contributed by atoms with E-state index in [-0.39, 0.29) is 22.4 Å². The molecule has 3 rings (SSSR count). The molecule has 0 aliphatic carbocycles. The van der Waals surface area contributed by atoms with Crippen molar-refractivity contribution in [2.45, 2.75) is 23.6 Å². The van der Waals surface area contributed by atoms with Gasteiger partial charge in [-0.2, -0.15) is 13.2 Å². The lowest BCUT2D eigenvalue weighted by Gasteiger charge is -2.09. The molecule has 11 heteroatoms. The van der Waals surface area contributed by atoms with Gasteiger partial charge < -0.3 is 4.74 Å². The van der Waals surface area contributed by atoms with Crippen LogP contribution < -0.4 is 4.74 Å². The van der Waals surface area contributed by atoms with Crippen molar-refractivity contribution in [3.8, 4) is 11.5 Å². The summed E-state index contributed by atoms with van der Waals surface area (Å²) in [6, 6.07) is 9.56.